The normalized spacial score (nSPS) is 20.4. The van der Waals surface area contributed by atoms with E-state index in [4.69, 9.17) is 4.74 Å². The molecule has 29 heavy (non-hydrogen) atoms. The standard InChI is InChI=1S/C20H24FN5O3/c1-12-8-25(9-13(2)29-12)11-16-22-18-17(19(27)23-20(28)24(18)3)26(16)10-14-6-4-5-7-15(14)21/h4-7,12-13H,8-11H2,1-3H3,(H,23,27,28)/t12-,13-/m1/s1. The molecule has 1 saturated heterocycles. The van der Waals surface area contributed by atoms with Crippen molar-refractivity contribution < 1.29 is 9.13 Å². The fourth-order valence-corrected chi connectivity index (χ4v) is 3.98. The van der Waals surface area contributed by atoms with Crippen molar-refractivity contribution in [2.24, 2.45) is 7.05 Å². The topological polar surface area (TPSA) is 85.2 Å². The van der Waals surface area contributed by atoms with Gasteiger partial charge in [-0.05, 0) is 19.9 Å². The lowest BCUT2D eigenvalue weighted by Crippen LogP contribution is -2.45. The summed E-state index contributed by atoms with van der Waals surface area (Å²) in [5.74, 6) is 0.256. The molecule has 0 radical (unpaired) electrons. The van der Waals surface area contributed by atoms with Gasteiger partial charge in [0.2, 0.25) is 0 Å². The molecular formula is C20H24FN5O3. The molecule has 2 atom stereocenters. The molecule has 0 amide bonds. The summed E-state index contributed by atoms with van der Waals surface area (Å²) < 4.78 is 23.1. The van der Waals surface area contributed by atoms with Crippen LogP contribution < -0.4 is 11.2 Å². The molecule has 3 heterocycles. The molecule has 1 aromatic carbocycles. The maximum atomic E-state index is 14.3. The first-order chi connectivity index (χ1) is 13.8. The van der Waals surface area contributed by atoms with Gasteiger partial charge in [0.25, 0.3) is 5.56 Å². The summed E-state index contributed by atoms with van der Waals surface area (Å²) in [6.07, 6.45) is 0.159. The molecule has 0 bridgehead atoms. The molecule has 0 spiro atoms. The summed E-state index contributed by atoms with van der Waals surface area (Å²) in [5, 5.41) is 0. The Balaban J connectivity index is 1.83. The Kier molecular flexibility index (Phi) is 5.10. The number of fused-ring (bicyclic) bond motifs is 1. The van der Waals surface area contributed by atoms with Gasteiger partial charge < -0.3 is 9.30 Å². The Morgan fingerprint density at radius 1 is 1.17 bits per heavy atom. The largest absolute Gasteiger partial charge is 0.373 e. The van der Waals surface area contributed by atoms with Crippen LogP contribution in [0.5, 0.6) is 0 Å². The van der Waals surface area contributed by atoms with E-state index in [1.54, 1.807) is 29.8 Å². The molecule has 2 aromatic heterocycles. The highest BCUT2D eigenvalue weighted by Crippen LogP contribution is 2.19. The van der Waals surface area contributed by atoms with Crippen LogP contribution in [-0.2, 0) is 24.9 Å². The van der Waals surface area contributed by atoms with Gasteiger partial charge in [0.1, 0.15) is 11.6 Å². The predicted molar refractivity (Wildman–Crippen MR) is 106 cm³/mol. The Labute approximate surface area is 166 Å². The third-order valence-corrected chi connectivity index (χ3v) is 5.23. The van der Waals surface area contributed by atoms with E-state index in [-0.39, 0.29) is 30.1 Å². The highest BCUT2D eigenvalue weighted by molar-refractivity contribution is 5.71. The Morgan fingerprint density at radius 3 is 2.55 bits per heavy atom. The summed E-state index contributed by atoms with van der Waals surface area (Å²) in [6.45, 7) is 6.09. The van der Waals surface area contributed by atoms with Gasteiger partial charge in [-0.15, -0.1) is 0 Å². The molecule has 0 unspecified atom stereocenters. The van der Waals surface area contributed by atoms with Crippen LogP contribution >= 0.6 is 0 Å². The average molecular weight is 401 g/mol. The minimum Gasteiger partial charge on any atom is -0.373 e. The second-order valence-corrected chi connectivity index (χ2v) is 7.65. The Hall–Kier alpha value is -2.78. The molecule has 0 saturated carbocycles. The molecular weight excluding hydrogens is 377 g/mol. The zero-order valence-corrected chi connectivity index (χ0v) is 16.7. The van der Waals surface area contributed by atoms with Crippen molar-refractivity contribution in [3.63, 3.8) is 0 Å². The number of rotatable bonds is 4. The minimum atomic E-state index is -0.529. The molecule has 1 aliphatic rings. The van der Waals surface area contributed by atoms with E-state index in [9.17, 15) is 14.0 Å². The van der Waals surface area contributed by atoms with E-state index in [1.807, 2.05) is 13.8 Å². The first-order valence-corrected chi connectivity index (χ1v) is 9.63. The van der Waals surface area contributed by atoms with Crippen molar-refractivity contribution in [3.8, 4) is 0 Å². The highest BCUT2D eigenvalue weighted by atomic mass is 19.1. The van der Waals surface area contributed by atoms with Crippen LogP contribution in [0.3, 0.4) is 0 Å². The van der Waals surface area contributed by atoms with Gasteiger partial charge in [-0.25, -0.2) is 14.2 Å². The van der Waals surface area contributed by atoms with Gasteiger partial charge in [0.05, 0.1) is 25.3 Å². The molecule has 154 valence electrons. The molecule has 1 N–H and O–H groups in total. The van der Waals surface area contributed by atoms with Crippen LogP contribution in [-0.4, -0.2) is 49.3 Å². The van der Waals surface area contributed by atoms with E-state index in [1.165, 1.54) is 10.6 Å². The average Bonchev–Trinajstić information content (AvgIpc) is 2.99. The van der Waals surface area contributed by atoms with Crippen LogP contribution in [0.25, 0.3) is 11.2 Å². The Morgan fingerprint density at radius 2 is 1.86 bits per heavy atom. The smallest absolute Gasteiger partial charge is 0.329 e. The Bertz CT molecular complexity index is 1160. The van der Waals surface area contributed by atoms with Crippen molar-refractivity contribution in [1.82, 2.24) is 24.0 Å². The molecule has 0 aliphatic carbocycles. The van der Waals surface area contributed by atoms with E-state index >= 15 is 0 Å². The fourth-order valence-electron chi connectivity index (χ4n) is 3.98. The van der Waals surface area contributed by atoms with E-state index < -0.39 is 11.2 Å². The van der Waals surface area contributed by atoms with Crippen molar-refractivity contribution in [3.05, 3.63) is 62.3 Å². The van der Waals surface area contributed by atoms with Gasteiger partial charge in [-0.3, -0.25) is 19.2 Å². The van der Waals surface area contributed by atoms with Crippen LogP contribution in [0.15, 0.2) is 33.9 Å². The zero-order chi connectivity index (χ0) is 20.7. The van der Waals surface area contributed by atoms with E-state index in [0.717, 1.165) is 13.1 Å². The van der Waals surface area contributed by atoms with Crippen LogP contribution in [0.2, 0.25) is 0 Å². The van der Waals surface area contributed by atoms with Gasteiger partial charge in [0, 0.05) is 25.7 Å². The van der Waals surface area contributed by atoms with Crippen LogP contribution in [0.4, 0.5) is 4.39 Å². The second kappa shape index (κ2) is 7.57. The number of hydrogen-bond donors (Lipinski definition) is 1. The second-order valence-electron chi connectivity index (χ2n) is 7.65. The molecule has 1 aliphatic heterocycles. The number of morpholine rings is 1. The van der Waals surface area contributed by atoms with Gasteiger partial charge >= 0.3 is 5.69 Å². The number of hydrogen-bond acceptors (Lipinski definition) is 5. The number of nitrogens with one attached hydrogen (secondary N) is 1. The van der Waals surface area contributed by atoms with Crippen molar-refractivity contribution >= 4 is 11.2 Å². The maximum absolute atomic E-state index is 14.3. The predicted octanol–water partition coefficient (Wildman–Crippen LogP) is 1.22. The number of halogens is 1. The SMILES string of the molecule is C[C@@H]1CN(Cc2nc3c(c(=O)[nH]c(=O)n3C)n2Cc2ccccc2F)C[C@@H](C)O1. The van der Waals surface area contributed by atoms with Crippen molar-refractivity contribution in [1.29, 1.82) is 0 Å². The summed E-state index contributed by atoms with van der Waals surface area (Å²) in [4.78, 5) is 33.8. The number of H-pyrrole nitrogens is 1. The van der Waals surface area contributed by atoms with Crippen molar-refractivity contribution in [2.75, 3.05) is 13.1 Å². The molecule has 8 nitrogen and oxygen atoms in total. The lowest BCUT2D eigenvalue weighted by molar-refractivity contribution is -0.0712. The number of aromatic nitrogens is 4. The quantitative estimate of drug-likeness (QED) is 0.711. The number of ether oxygens (including phenoxy) is 1. The molecule has 1 fully saturated rings. The van der Waals surface area contributed by atoms with Crippen LogP contribution in [0.1, 0.15) is 25.2 Å². The fraction of sp³-hybridized carbons (Fsp3) is 0.450. The molecule has 9 heteroatoms. The summed E-state index contributed by atoms with van der Waals surface area (Å²) in [5.41, 5.74) is -0.0516. The lowest BCUT2D eigenvalue weighted by atomic mass is 10.2. The summed E-state index contributed by atoms with van der Waals surface area (Å²) in [6, 6.07) is 6.45. The van der Waals surface area contributed by atoms with Gasteiger partial charge in [-0.2, -0.15) is 0 Å². The third-order valence-electron chi connectivity index (χ3n) is 5.23. The van der Waals surface area contributed by atoms with Crippen molar-refractivity contribution in [2.45, 2.75) is 39.1 Å². The molecule has 3 aromatic rings. The first kappa shape index (κ1) is 19.5. The van der Waals surface area contributed by atoms with Gasteiger partial charge in [0.15, 0.2) is 11.2 Å². The van der Waals surface area contributed by atoms with E-state index in [0.29, 0.717) is 23.6 Å². The highest BCUT2D eigenvalue weighted by Gasteiger charge is 2.25. The number of nitrogens with zero attached hydrogens (tertiary/aromatic N) is 4. The number of aromatic amines is 1. The number of imidazole rings is 1. The summed E-state index contributed by atoms with van der Waals surface area (Å²) in [7, 11) is 1.56. The monoisotopic (exact) mass is 401 g/mol. The number of benzene rings is 1. The first-order valence-electron chi connectivity index (χ1n) is 9.63. The molecule has 4 rings (SSSR count). The van der Waals surface area contributed by atoms with E-state index in [2.05, 4.69) is 14.9 Å². The minimum absolute atomic E-state index is 0.0795. The lowest BCUT2D eigenvalue weighted by Gasteiger charge is -2.35. The summed E-state index contributed by atoms with van der Waals surface area (Å²) >= 11 is 0. The maximum Gasteiger partial charge on any atom is 0.329 e. The van der Waals surface area contributed by atoms with Crippen LogP contribution in [0, 0.1) is 5.82 Å². The van der Waals surface area contributed by atoms with Gasteiger partial charge in [-0.1, -0.05) is 18.2 Å². The third kappa shape index (κ3) is 3.75. The number of aryl methyl sites for hydroxylation is 1. The zero-order valence-electron chi connectivity index (χ0n) is 16.7.